The predicted octanol–water partition coefficient (Wildman–Crippen LogP) is 6.90. The molecule has 0 saturated carbocycles. The SMILES string of the molecule is CCC1=CC(C(=CCC2C=CCC(C)C(c3cc(C(F)(F)F)cc(C(F)(F)F)c3)=NC2C)C(N)=O)=CN=C(N)C1. The van der Waals surface area contributed by atoms with Crippen LogP contribution in [0.2, 0.25) is 0 Å². The van der Waals surface area contributed by atoms with Gasteiger partial charge >= 0.3 is 12.4 Å². The average Bonchev–Trinajstić information content (AvgIpc) is 3.04. The van der Waals surface area contributed by atoms with Gasteiger partial charge in [-0.05, 0) is 49.9 Å². The standard InChI is InChI=1S/C29H32F6N4O/c1-4-18-10-21(15-38-25(36)11-18)24(27(37)40)9-8-19-7-5-6-16(2)26(39-17(19)3)20-12-22(28(30,31)32)14-23(13-20)29(33,34)35/h5,7,9-10,12-17,19H,4,6,8,11H2,1-3H3,(H2,36,38)(H2,37,40). The lowest BCUT2D eigenvalue weighted by molar-refractivity contribution is -0.143. The van der Waals surface area contributed by atoms with E-state index >= 15 is 0 Å². The lowest BCUT2D eigenvalue weighted by Crippen LogP contribution is -2.23. The highest BCUT2D eigenvalue weighted by atomic mass is 19.4. The van der Waals surface area contributed by atoms with Gasteiger partial charge in [0.25, 0.3) is 0 Å². The van der Waals surface area contributed by atoms with E-state index in [-0.39, 0.29) is 28.8 Å². The Balaban J connectivity index is 2.00. The number of primary amides is 1. The Bertz CT molecular complexity index is 1280. The van der Waals surface area contributed by atoms with Crippen molar-refractivity contribution in [1.82, 2.24) is 0 Å². The van der Waals surface area contributed by atoms with E-state index in [1.807, 2.05) is 25.2 Å². The predicted molar refractivity (Wildman–Crippen MR) is 143 cm³/mol. The maximum Gasteiger partial charge on any atom is 0.416 e. The van der Waals surface area contributed by atoms with Gasteiger partial charge in [-0.3, -0.25) is 9.79 Å². The highest BCUT2D eigenvalue weighted by Gasteiger charge is 2.37. The molecular weight excluding hydrogens is 534 g/mol. The third-order valence-electron chi connectivity index (χ3n) is 6.95. The number of rotatable bonds is 6. The van der Waals surface area contributed by atoms with Crippen LogP contribution in [0.3, 0.4) is 0 Å². The summed E-state index contributed by atoms with van der Waals surface area (Å²) < 4.78 is 80.9. The summed E-state index contributed by atoms with van der Waals surface area (Å²) in [5, 5.41) is 0. The number of carbonyl (C=O) groups is 1. The van der Waals surface area contributed by atoms with Gasteiger partial charge in [0.1, 0.15) is 5.84 Å². The fourth-order valence-electron chi connectivity index (χ4n) is 4.64. The average molecular weight is 567 g/mol. The number of halogens is 6. The second-order valence-corrected chi connectivity index (χ2v) is 10.0. The molecule has 0 saturated heterocycles. The molecule has 2 aliphatic rings. The van der Waals surface area contributed by atoms with Crippen LogP contribution in [0.1, 0.15) is 63.1 Å². The first-order valence-electron chi connectivity index (χ1n) is 12.9. The molecule has 4 N–H and O–H groups in total. The van der Waals surface area contributed by atoms with E-state index in [1.54, 1.807) is 19.9 Å². The van der Waals surface area contributed by atoms with Crippen molar-refractivity contribution in [3.8, 4) is 0 Å². The molecular formula is C29H32F6N4O. The van der Waals surface area contributed by atoms with Crippen LogP contribution in [-0.4, -0.2) is 23.5 Å². The number of nitrogens with zero attached hydrogens (tertiary/aromatic N) is 2. The van der Waals surface area contributed by atoms with Crippen LogP contribution >= 0.6 is 0 Å². The van der Waals surface area contributed by atoms with Crippen molar-refractivity contribution in [3.63, 3.8) is 0 Å². The van der Waals surface area contributed by atoms with Crippen LogP contribution in [0.15, 0.2) is 75.4 Å². The van der Waals surface area contributed by atoms with Gasteiger partial charge in [0, 0.05) is 41.3 Å². The molecule has 216 valence electrons. The van der Waals surface area contributed by atoms with E-state index in [0.717, 1.165) is 5.57 Å². The topological polar surface area (TPSA) is 93.8 Å². The minimum Gasteiger partial charge on any atom is -0.387 e. The van der Waals surface area contributed by atoms with Crippen molar-refractivity contribution in [3.05, 3.63) is 82.1 Å². The summed E-state index contributed by atoms with van der Waals surface area (Å²) in [6, 6.07) is 1.01. The van der Waals surface area contributed by atoms with Crippen LogP contribution in [-0.2, 0) is 17.1 Å². The Labute approximate surface area is 229 Å². The van der Waals surface area contributed by atoms with Crippen molar-refractivity contribution in [2.24, 2.45) is 33.3 Å². The number of aliphatic imine (C=N–C) groups is 2. The van der Waals surface area contributed by atoms with Gasteiger partial charge in [-0.25, -0.2) is 4.99 Å². The zero-order chi connectivity index (χ0) is 29.8. The summed E-state index contributed by atoms with van der Waals surface area (Å²) in [6.07, 6.45) is 0.588. The van der Waals surface area contributed by atoms with E-state index in [1.165, 1.54) is 6.20 Å². The second kappa shape index (κ2) is 12.3. The number of hydrogen-bond donors (Lipinski definition) is 2. The van der Waals surface area contributed by atoms with Crippen LogP contribution < -0.4 is 11.5 Å². The number of alkyl halides is 6. The van der Waals surface area contributed by atoms with E-state index in [2.05, 4.69) is 9.98 Å². The molecule has 5 nitrogen and oxygen atoms in total. The normalized spacial score (nSPS) is 22.8. The van der Waals surface area contributed by atoms with E-state index in [4.69, 9.17) is 11.5 Å². The summed E-state index contributed by atoms with van der Waals surface area (Å²) >= 11 is 0. The molecule has 3 unspecified atom stereocenters. The molecule has 11 heteroatoms. The highest BCUT2D eigenvalue weighted by Crippen LogP contribution is 2.37. The number of hydrogen-bond acceptors (Lipinski definition) is 4. The molecule has 2 heterocycles. The van der Waals surface area contributed by atoms with Crippen molar-refractivity contribution in [1.29, 1.82) is 0 Å². The smallest absolute Gasteiger partial charge is 0.387 e. The van der Waals surface area contributed by atoms with Gasteiger partial charge in [0.05, 0.1) is 17.2 Å². The van der Waals surface area contributed by atoms with Gasteiger partial charge in [-0.1, -0.05) is 43.7 Å². The third-order valence-corrected chi connectivity index (χ3v) is 6.95. The molecule has 0 bridgehead atoms. The Morgan fingerprint density at radius 2 is 1.70 bits per heavy atom. The Kier molecular flexibility index (Phi) is 9.48. The zero-order valence-electron chi connectivity index (χ0n) is 22.4. The van der Waals surface area contributed by atoms with Gasteiger partial charge in [0.15, 0.2) is 0 Å². The molecule has 1 amide bonds. The Hall–Kier alpha value is -3.63. The summed E-state index contributed by atoms with van der Waals surface area (Å²) in [5.74, 6) is -1.00. The van der Waals surface area contributed by atoms with Crippen LogP contribution in [0, 0.1) is 11.8 Å². The van der Waals surface area contributed by atoms with Crippen LogP contribution in [0.5, 0.6) is 0 Å². The first-order valence-corrected chi connectivity index (χ1v) is 12.9. The van der Waals surface area contributed by atoms with Crippen molar-refractivity contribution < 1.29 is 31.1 Å². The molecule has 0 spiro atoms. The van der Waals surface area contributed by atoms with Crippen molar-refractivity contribution in [2.45, 2.75) is 64.8 Å². The molecule has 3 rings (SSSR count). The fraction of sp³-hybridized carbons (Fsp3) is 0.414. The molecule has 0 fully saturated rings. The van der Waals surface area contributed by atoms with E-state index in [0.29, 0.717) is 49.2 Å². The molecule has 0 radical (unpaired) electrons. The summed E-state index contributed by atoms with van der Waals surface area (Å²) in [6.45, 7) is 5.39. The van der Waals surface area contributed by atoms with Gasteiger partial charge in [-0.2, -0.15) is 26.3 Å². The number of amides is 1. The third kappa shape index (κ3) is 7.73. The largest absolute Gasteiger partial charge is 0.416 e. The molecule has 3 atom stereocenters. The van der Waals surface area contributed by atoms with Gasteiger partial charge in [-0.15, -0.1) is 0 Å². The summed E-state index contributed by atoms with van der Waals surface area (Å²) in [7, 11) is 0. The van der Waals surface area contributed by atoms with Gasteiger partial charge in [0.2, 0.25) is 5.91 Å². The molecule has 0 aliphatic carbocycles. The van der Waals surface area contributed by atoms with E-state index < -0.39 is 41.3 Å². The van der Waals surface area contributed by atoms with E-state index in [9.17, 15) is 31.1 Å². The highest BCUT2D eigenvalue weighted by molar-refractivity contribution is 6.02. The number of carbonyl (C=O) groups excluding carboxylic acids is 1. The minimum absolute atomic E-state index is 0.109. The molecule has 1 aromatic carbocycles. The molecule has 0 aromatic heterocycles. The molecule has 40 heavy (non-hydrogen) atoms. The number of nitrogens with two attached hydrogens (primary N) is 2. The Morgan fingerprint density at radius 3 is 2.25 bits per heavy atom. The lowest BCUT2D eigenvalue weighted by atomic mass is 9.87. The fourth-order valence-corrected chi connectivity index (χ4v) is 4.64. The number of benzene rings is 1. The first-order chi connectivity index (χ1) is 18.6. The quantitative estimate of drug-likeness (QED) is 0.223. The van der Waals surface area contributed by atoms with Crippen LogP contribution in [0.4, 0.5) is 26.3 Å². The first kappa shape index (κ1) is 30.9. The van der Waals surface area contributed by atoms with Crippen molar-refractivity contribution in [2.75, 3.05) is 0 Å². The monoisotopic (exact) mass is 566 g/mol. The minimum atomic E-state index is -4.96. The molecule has 2 aliphatic heterocycles. The number of allylic oxidation sites excluding steroid dienone is 3. The molecule has 1 aromatic rings. The van der Waals surface area contributed by atoms with Crippen molar-refractivity contribution >= 4 is 17.5 Å². The van der Waals surface area contributed by atoms with Gasteiger partial charge < -0.3 is 11.5 Å². The maximum atomic E-state index is 13.5. The summed E-state index contributed by atoms with van der Waals surface area (Å²) in [4.78, 5) is 21.1. The maximum absolute atomic E-state index is 13.5. The Morgan fingerprint density at radius 1 is 1.07 bits per heavy atom. The number of amidine groups is 1. The summed E-state index contributed by atoms with van der Waals surface area (Å²) in [5.41, 5.74) is 10.4. The zero-order valence-corrected chi connectivity index (χ0v) is 22.4. The second-order valence-electron chi connectivity index (χ2n) is 10.0. The lowest BCUT2D eigenvalue weighted by Gasteiger charge is -2.25. The van der Waals surface area contributed by atoms with Crippen LogP contribution in [0.25, 0.3) is 0 Å².